The zero-order chi connectivity index (χ0) is 23.0. The lowest BCUT2D eigenvalue weighted by Gasteiger charge is -2.50. The van der Waals surface area contributed by atoms with Crippen LogP contribution in [0.5, 0.6) is 11.5 Å². The molecule has 0 radical (unpaired) electrons. The van der Waals surface area contributed by atoms with Crippen molar-refractivity contribution in [3.63, 3.8) is 0 Å². The molecule has 7 rings (SSSR count). The number of phenolic OH excluding ortho intramolecular Hbond substituents is 1. The number of hydrogen-bond donors (Lipinski definition) is 2. The van der Waals surface area contributed by atoms with E-state index in [4.69, 9.17) is 4.74 Å². The minimum absolute atomic E-state index is 0.0596. The Morgan fingerprint density at radius 1 is 1.15 bits per heavy atom. The molecule has 33 heavy (non-hydrogen) atoms. The van der Waals surface area contributed by atoms with E-state index in [1.165, 1.54) is 11.0 Å². The molecule has 6 atom stereocenters. The number of carbonyl (C=O) groups excluding carboxylic acids is 1. The Labute approximate surface area is 187 Å². The molecule has 5 nitrogen and oxygen atoms in total. The van der Waals surface area contributed by atoms with Crippen LogP contribution in [0.3, 0.4) is 0 Å². The SMILES string of the molecule is O=C1/C(=C/c2ccccc2)C[C@@]2(O)[C@@H]3N(CC(F)(F)F)[C@@]34Cc3ccc(O)c5c3[C@@]2(C4)[C@H]1O5. The first kappa shape index (κ1) is 19.6. The molecule has 2 spiro atoms. The van der Waals surface area contributed by atoms with Crippen LogP contribution in [0.25, 0.3) is 6.08 Å². The molecule has 3 fully saturated rings. The highest BCUT2D eigenvalue weighted by Gasteiger charge is 2.89. The number of nitrogens with zero attached hydrogens (tertiary/aromatic N) is 1. The van der Waals surface area contributed by atoms with Crippen LogP contribution >= 0.6 is 0 Å². The lowest BCUT2D eigenvalue weighted by molar-refractivity contribution is -0.156. The van der Waals surface area contributed by atoms with Crippen LogP contribution in [-0.2, 0) is 16.6 Å². The number of fused-ring (bicyclic) bond motifs is 1. The van der Waals surface area contributed by atoms with Crippen LogP contribution in [0.4, 0.5) is 13.2 Å². The van der Waals surface area contributed by atoms with Crippen LogP contribution in [0.1, 0.15) is 29.5 Å². The van der Waals surface area contributed by atoms with E-state index in [1.54, 1.807) is 12.1 Å². The molecule has 0 aromatic heterocycles. The maximum Gasteiger partial charge on any atom is 0.401 e. The molecule has 2 heterocycles. The highest BCUT2D eigenvalue weighted by molar-refractivity contribution is 6.06. The third kappa shape index (κ3) is 2.14. The van der Waals surface area contributed by atoms with E-state index in [-0.39, 0.29) is 30.1 Å². The van der Waals surface area contributed by atoms with E-state index in [2.05, 4.69) is 0 Å². The summed E-state index contributed by atoms with van der Waals surface area (Å²) >= 11 is 0. The fourth-order valence-electron chi connectivity index (χ4n) is 7.54. The fourth-order valence-corrected chi connectivity index (χ4v) is 7.54. The monoisotopic (exact) mass is 455 g/mol. The van der Waals surface area contributed by atoms with Gasteiger partial charge in [0.25, 0.3) is 0 Å². The second kappa shape index (κ2) is 5.62. The number of phenols is 1. The van der Waals surface area contributed by atoms with E-state index in [1.807, 2.05) is 30.3 Å². The van der Waals surface area contributed by atoms with Crippen molar-refractivity contribution in [3.8, 4) is 11.5 Å². The summed E-state index contributed by atoms with van der Waals surface area (Å²) in [5.74, 6) is -0.223. The Kier molecular flexibility index (Phi) is 3.34. The van der Waals surface area contributed by atoms with Crippen molar-refractivity contribution in [1.82, 2.24) is 4.90 Å². The molecule has 2 N–H and O–H groups in total. The summed E-state index contributed by atoms with van der Waals surface area (Å²) in [6.07, 6.45) is -3.33. The second-order valence-corrected chi connectivity index (χ2v) is 10.1. The molecular formula is C25H20F3NO4. The van der Waals surface area contributed by atoms with Gasteiger partial charge in [0.15, 0.2) is 23.4 Å². The van der Waals surface area contributed by atoms with Crippen molar-refractivity contribution in [2.75, 3.05) is 6.54 Å². The number of ketones is 1. The number of Topliss-reactive ketones (excluding diaryl/α,β-unsaturated/α-hetero) is 1. The van der Waals surface area contributed by atoms with Crippen molar-refractivity contribution in [2.24, 2.45) is 0 Å². The average Bonchev–Trinajstić information content (AvgIpc) is 3.08. The van der Waals surface area contributed by atoms with Gasteiger partial charge in [-0.3, -0.25) is 9.69 Å². The molecule has 0 amide bonds. The first-order valence-electron chi connectivity index (χ1n) is 11.0. The predicted molar refractivity (Wildman–Crippen MR) is 111 cm³/mol. The van der Waals surface area contributed by atoms with Crippen LogP contribution in [0, 0.1) is 0 Å². The summed E-state index contributed by atoms with van der Waals surface area (Å²) < 4.78 is 46.4. The molecular weight excluding hydrogens is 435 g/mol. The number of benzene rings is 2. The van der Waals surface area contributed by atoms with Crippen LogP contribution in [0.15, 0.2) is 48.0 Å². The van der Waals surface area contributed by atoms with Gasteiger partial charge in [0, 0.05) is 23.1 Å². The lowest BCUT2D eigenvalue weighted by atomic mass is 9.56. The smallest absolute Gasteiger partial charge is 0.401 e. The van der Waals surface area contributed by atoms with Crippen LogP contribution in [-0.4, -0.2) is 56.9 Å². The zero-order valence-corrected chi connectivity index (χ0v) is 17.4. The van der Waals surface area contributed by atoms with Crippen LogP contribution < -0.4 is 4.74 Å². The zero-order valence-electron chi connectivity index (χ0n) is 17.4. The first-order valence-corrected chi connectivity index (χ1v) is 11.0. The van der Waals surface area contributed by atoms with E-state index in [0.29, 0.717) is 17.6 Å². The Balaban J connectivity index is 1.44. The number of piperidine rings is 1. The van der Waals surface area contributed by atoms with Crippen molar-refractivity contribution in [2.45, 2.75) is 54.1 Å². The summed E-state index contributed by atoms with van der Waals surface area (Å²) in [5, 5.41) is 22.8. The van der Waals surface area contributed by atoms with E-state index in [9.17, 15) is 28.2 Å². The molecule has 1 unspecified atom stereocenters. The number of rotatable bonds is 2. The lowest BCUT2D eigenvalue weighted by Crippen LogP contribution is -2.66. The van der Waals surface area contributed by atoms with Crippen molar-refractivity contribution in [1.29, 1.82) is 0 Å². The topological polar surface area (TPSA) is 69.8 Å². The van der Waals surface area contributed by atoms with Gasteiger partial charge < -0.3 is 14.9 Å². The average molecular weight is 455 g/mol. The van der Waals surface area contributed by atoms with Gasteiger partial charge in [-0.05, 0) is 36.1 Å². The molecule has 2 aromatic rings. The third-order valence-electron chi connectivity index (χ3n) is 8.49. The quantitative estimate of drug-likeness (QED) is 0.538. The van der Waals surface area contributed by atoms with Gasteiger partial charge in [0.05, 0.1) is 18.0 Å². The van der Waals surface area contributed by atoms with Crippen molar-refractivity contribution < 1.29 is 32.9 Å². The molecule has 8 heteroatoms. The number of aliphatic hydroxyl groups is 1. The third-order valence-corrected chi connectivity index (χ3v) is 8.49. The number of hydrogen-bond acceptors (Lipinski definition) is 5. The second-order valence-electron chi connectivity index (χ2n) is 10.1. The van der Waals surface area contributed by atoms with Gasteiger partial charge in [-0.1, -0.05) is 36.4 Å². The number of aromatic hydroxyl groups is 1. The number of ether oxygens (including phenoxy) is 1. The van der Waals surface area contributed by atoms with Gasteiger partial charge in [-0.25, -0.2) is 0 Å². The summed E-state index contributed by atoms with van der Waals surface area (Å²) in [4.78, 5) is 15.0. The van der Waals surface area contributed by atoms with Crippen LogP contribution in [0.2, 0.25) is 0 Å². The summed E-state index contributed by atoms with van der Waals surface area (Å²) in [7, 11) is 0. The normalized spacial score (nSPS) is 40.4. The van der Waals surface area contributed by atoms with Gasteiger partial charge in [-0.2, -0.15) is 13.2 Å². The predicted octanol–water partition coefficient (Wildman–Crippen LogP) is 3.12. The fraction of sp³-hybridized carbons (Fsp3) is 0.400. The van der Waals surface area contributed by atoms with Crippen molar-refractivity contribution in [3.05, 3.63) is 64.7 Å². The molecule has 2 bridgehead atoms. The number of halogens is 3. The summed E-state index contributed by atoms with van der Waals surface area (Å²) in [6.45, 7) is -1.10. The van der Waals surface area contributed by atoms with E-state index < -0.39 is 41.4 Å². The largest absolute Gasteiger partial charge is 0.504 e. The Bertz CT molecular complexity index is 1270. The summed E-state index contributed by atoms with van der Waals surface area (Å²) in [5.41, 5.74) is -1.22. The Morgan fingerprint density at radius 2 is 1.91 bits per heavy atom. The van der Waals surface area contributed by atoms with Gasteiger partial charge in [-0.15, -0.1) is 0 Å². The number of alkyl halides is 3. The standard InChI is InChI=1S/C25H20F3NO4/c26-25(27,28)12-29-21-22(29)9-14-6-7-16(30)19-17(14)23(11-22)20(33-19)18(31)15(10-24(21,23)32)8-13-4-2-1-3-5-13/h1-8,20-21,30,32H,9-12H2/b15-8+/t20-,21+,22+,23-,24+,29?/m0/s1. The highest BCUT2D eigenvalue weighted by Crippen LogP contribution is 2.77. The summed E-state index contributed by atoms with van der Waals surface area (Å²) in [6, 6.07) is 11.5. The van der Waals surface area contributed by atoms with Gasteiger partial charge >= 0.3 is 6.18 Å². The maximum absolute atomic E-state index is 13.6. The molecule has 2 aromatic carbocycles. The molecule has 170 valence electrons. The Morgan fingerprint density at radius 3 is 2.64 bits per heavy atom. The maximum atomic E-state index is 13.6. The van der Waals surface area contributed by atoms with Crippen molar-refractivity contribution >= 4 is 11.9 Å². The molecule has 2 aliphatic heterocycles. The highest BCUT2D eigenvalue weighted by atomic mass is 19.4. The Hall–Kier alpha value is -2.84. The molecule has 5 aliphatic rings. The molecule has 3 aliphatic carbocycles. The molecule has 2 saturated carbocycles. The minimum atomic E-state index is -4.40. The first-order chi connectivity index (χ1) is 15.6. The van der Waals surface area contributed by atoms with Gasteiger partial charge in [0.1, 0.15) is 5.60 Å². The van der Waals surface area contributed by atoms with E-state index in [0.717, 1.165) is 11.1 Å². The number of carbonyl (C=O) groups is 1. The minimum Gasteiger partial charge on any atom is -0.504 e. The number of likely N-dealkylation sites (tertiary alicyclic amines) is 1. The van der Waals surface area contributed by atoms with Gasteiger partial charge in [0.2, 0.25) is 0 Å². The van der Waals surface area contributed by atoms with E-state index >= 15 is 0 Å². The molecule has 1 saturated heterocycles.